The molecule has 0 unspecified atom stereocenters. The molecule has 0 atom stereocenters. The van der Waals surface area contributed by atoms with Gasteiger partial charge in [0, 0.05) is 36.9 Å². The van der Waals surface area contributed by atoms with E-state index in [1.807, 2.05) is 42.4 Å². The Labute approximate surface area is 148 Å². The smallest absolute Gasteiger partial charge is 0.254 e. The molecule has 0 saturated carbocycles. The second-order valence-electron chi connectivity index (χ2n) is 6.29. The number of carbonyl (C=O) groups is 1. The van der Waals surface area contributed by atoms with Crippen molar-refractivity contribution in [1.29, 1.82) is 0 Å². The Morgan fingerprint density at radius 1 is 1.29 bits per heavy atom. The number of aryl methyl sites for hydroxylation is 1. The zero-order chi connectivity index (χ0) is 16.9. The Hall–Kier alpha value is -1.75. The van der Waals surface area contributed by atoms with Gasteiger partial charge >= 0.3 is 0 Å². The lowest BCUT2D eigenvalue weighted by molar-refractivity contribution is 0.0679. The van der Waals surface area contributed by atoms with Gasteiger partial charge < -0.3 is 9.47 Å². The van der Waals surface area contributed by atoms with Crippen molar-refractivity contribution in [2.24, 2.45) is 5.92 Å². The van der Waals surface area contributed by atoms with Gasteiger partial charge in [-0.3, -0.25) is 4.79 Å². The Morgan fingerprint density at radius 3 is 2.71 bits per heavy atom. The highest BCUT2D eigenvalue weighted by atomic mass is 32.2. The van der Waals surface area contributed by atoms with Crippen molar-refractivity contribution in [1.82, 2.24) is 14.5 Å². The predicted molar refractivity (Wildman–Crippen MR) is 98.4 cm³/mol. The molecule has 2 heterocycles. The number of thioether (sulfide) groups is 1. The van der Waals surface area contributed by atoms with Crippen LogP contribution in [0.25, 0.3) is 0 Å². The third-order valence-corrected chi connectivity index (χ3v) is 5.65. The van der Waals surface area contributed by atoms with Gasteiger partial charge in [-0.15, -0.1) is 11.8 Å². The molecule has 1 saturated heterocycles. The van der Waals surface area contributed by atoms with E-state index < -0.39 is 0 Å². The molecule has 0 aliphatic carbocycles. The number of hydrogen-bond acceptors (Lipinski definition) is 3. The maximum atomic E-state index is 12.9. The molecule has 1 aromatic carbocycles. The van der Waals surface area contributed by atoms with Gasteiger partial charge in [0.05, 0.1) is 5.56 Å². The van der Waals surface area contributed by atoms with E-state index in [-0.39, 0.29) is 5.91 Å². The molecule has 3 rings (SSSR count). The maximum Gasteiger partial charge on any atom is 0.254 e. The van der Waals surface area contributed by atoms with Crippen LogP contribution >= 0.6 is 11.8 Å². The minimum Gasteiger partial charge on any atom is -0.339 e. The number of aromatic nitrogens is 2. The Morgan fingerprint density at radius 2 is 2.04 bits per heavy atom. The van der Waals surface area contributed by atoms with E-state index in [4.69, 9.17) is 0 Å². The fourth-order valence-electron chi connectivity index (χ4n) is 3.29. The van der Waals surface area contributed by atoms with Crippen molar-refractivity contribution >= 4 is 17.7 Å². The Balaban J connectivity index is 1.60. The highest BCUT2D eigenvalue weighted by Gasteiger charge is 2.25. The second kappa shape index (κ2) is 7.88. The third kappa shape index (κ3) is 3.83. The SMILES string of the molecule is CCSc1ccccc1C(=O)N1CCC(Cn2ccnc2C)CC1. The Bertz CT molecular complexity index is 689. The summed E-state index contributed by atoms with van der Waals surface area (Å²) >= 11 is 1.74. The summed E-state index contributed by atoms with van der Waals surface area (Å²) in [5.74, 6) is 2.86. The van der Waals surface area contributed by atoms with Crippen LogP contribution < -0.4 is 0 Å². The van der Waals surface area contributed by atoms with Crippen LogP contribution in [0.5, 0.6) is 0 Å². The molecule has 1 aliphatic rings. The standard InChI is InChI=1S/C19H25N3OS/c1-3-24-18-7-5-4-6-17(18)19(23)21-11-8-16(9-12-21)14-22-13-10-20-15(22)2/h4-7,10,13,16H,3,8-9,11-12,14H2,1-2H3. The van der Waals surface area contributed by atoms with Crippen LogP contribution in [-0.2, 0) is 6.54 Å². The van der Waals surface area contributed by atoms with E-state index in [1.165, 1.54) is 0 Å². The molecule has 128 valence electrons. The first-order valence-electron chi connectivity index (χ1n) is 8.68. The average Bonchev–Trinajstić information content (AvgIpc) is 3.01. The molecule has 2 aromatic rings. The molecule has 1 amide bonds. The van der Waals surface area contributed by atoms with Crippen molar-refractivity contribution in [3.05, 3.63) is 48.0 Å². The van der Waals surface area contributed by atoms with Gasteiger partial charge in [-0.25, -0.2) is 4.98 Å². The highest BCUT2D eigenvalue weighted by molar-refractivity contribution is 7.99. The first-order valence-corrected chi connectivity index (χ1v) is 9.66. The van der Waals surface area contributed by atoms with Gasteiger partial charge in [0.1, 0.15) is 5.82 Å². The van der Waals surface area contributed by atoms with Gasteiger partial charge in [0.25, 0.3) is 5.91 Å². The van der Waals surface area contributed by atoms with Gasteiger partial charge in [0.2, 0.25) is 0 Å². The fourth-order valence-corrected chi connectivity index (χ4v) is 4.09. The van der Waals surface area contributed by atoms with E-state index in [0.29, 0.717) is 5.92 Å². The molecule has 0 spiro atoms. The molecule has 0 bridgehead atoms. The number of nitrogens with zero attached hydrogens (tertiary/aromatic N) is 3. The lowest BCUT2D eigenvalue weighted by atomic mass is 9.96. The molecule has 0 radical (unpaired) electrons. The maximum absolute atomic E-state index is 12.9. The van der Waals surface area contributed by atoms with E-state index in [2.05, 4.69) is 22.5 Å². The number of amides is 1. The number of imidazole rings is 1. The average molecular weight is 343 g/mol. The molecule has 4 nitrogen and oxygen atoms in total. The first kappa shape index (κ1) is 17.1. The van der Waals surface area contributed by atoms with Gasteiger partial charge in [-0.1, -0.05) is 19.1 Å². The van der Waals surface area contributed by atoms with E-state index in [0.717, 1.165) is 54.5 Å². The Kier molecular flexibility index (Phi) is 5.61. The second-order valence-corrected chi connectivity index (χ2v) is 7.60. The number of likely N-dealkylation sites (tertiary alicyclic amines) is 1. The summed E-state index contributed by atoms with van der Waals surface area (Å²) in [7, 11) is 0. The van der Waals surface area contributed by atoms with Gasteiger partial charge in [0.15, 0.2) is 0 Å². The summed E-state index contributed by atoms with van der Waals surface area (Å²) in [5, 5.41) is 0. The third-order valence-electron chi connectivity index (χ3n) is 4.70. The van der Waals surface area contributed by atoms with Crippen molar-refractivity contribution in [2.75, 3.05) is 18.8 Å². The molecule has 1 aromatic heterocycles. The molecular formula is C19H25N3OS. The lowest BCUT2D eigenvalue weighted by Crippen LogP contribution is -2.39. The van der Waals surface area contributed by atoms with Crippen molar-refractivity contribution in [2.45, 2.75) is 38.1 Å². The number of rotatable bonds is 5. The van der Waals surface area contributed by atoms with E-state index in [1.54, 1.807) is 11.8 Å². The van der Waals surface area contributed by atoms with Crippen LogP contribution in [0, 0.1) is 12.8 Å². The van der Waals surface area contributed by atoms with Gasteiger partial charge in [-0.05, 0) is 43.6 Å². The zero-order valence-electron chi connectivity index (χ0n) is 14.4. The fraction of sp³-hybridized carbons (Fsp3) is 0.474. The summed E-state index contributed by atoms with van der Waals surface area (Å²) in [6, 6.07) is 7.98. The largest absolute Gasteiger partial charge is 0.339 e. The summed E-state index contributed by atoms with van der Waals surface area (Å²) in [4.78, 5) is 20.3. The van der Waals surface area contributed by atoms with Crippen LogP contribution in [-0.4, -0.2) is 39.2 Å². The van der Waals surface area contributed by atoms with Crippen LogP contribution in [0.4, 0.5) is 0 Å². The van der Waals surface area contributed by atoms with Crippen molar-refractivity contribution in [3.63, 3.8) is 0 Å². The van der Waals surface area contributed by atoms with Gasteiger partial charge in [-0.2, -0.15) is 0 Å². The molecule has 1 fully saturated rings. The lowest BCUT2D eigenvalue weighted by Gasteiger charge is -2.32. The van der Waals surface area contributed by atoms with E-state index >= 15 is 0 Å². The molecule has 0 N–H and O–H groups in total. The number of benzene rings is 1. The topological polar surface area (TPSA) is 38.1 Å². The highest BCUT2D eigenvalue weighted by Crippen LogP contribution is 2.26. The molecule has 24 heavy (non-hydrogen) atoms. The molecule has 1 aliphatic heterocycles. The molecule has 5 heteroatoms. The normalized spacial score (nSPS) is 15.7. The van der Waals surface area contributed by atoms with Crippen LogP contribution in [0.2, 0.25) is 0 Å². The number of piperidine rings is 1. The summed E-state index contributed by atoms with van der Waals surface area (Å²) < 4.78 is 2.22. The van der Waals surface area contributed by atoms with Crippen LogP contribution in [0.3, 0.4) is 0 Å². The zero-order valence-corrected chi connectivity index (χ0v) is 15.3. The van der Waals surface area contributed by atoms with E-state index in [9.17, 15) is 4.79 Å². The minimum absolute atomic E-state index is 0.184. The van der Waals surface area contributed by atoms with Crippen LogP contribution in [0.1, 0.15) is 35.9 Å². The summed E-state index contributed by atoms with van der Waals surface area (Å²) in [6.45, 7) is 6.87. The first-order chi connectivity index (χ1) is 11.7. The molecular weight excluding hydrogens is 318 g/mol. The number of carbonyl (C=O) groups excluding carboxylic acids is 1. The quantitative estimate of drug-likeness (QED) is 0.774. The minimum atomic E-state index is 0.184. The summed E-state index contributed by atoms with van der Waals surface area (Å²) in [5.41, 5.74) is 0.855. The number of hydrogen-bond donors (Lipinski definition) is 0. The van der Waals surface area contributed by atoms with Crippen LogP contribution in [0.15, 0.2) is 41.6 Å². The van der Waals surface area contributed by atoms with Crippen molar-refractivity contribution in [3.8, 4) is 0 Å². The summed E-state index contributed by atoms with van der Waals surface area (Å²) in [6.07, 6.45) is 6.03. The van der Waals surface area contributed by atoms with Crippen molar-refractivity contribution < 1.29 is 4.79 Å². The monoisotopic (exact) mass is 343 g/mol. The predicted octanol–water partition coefficient (Wildman–Crippen LogP) is 3.86.